The van der Waals surface area contributed by atoms with E-state index in [-0.39, 0.29) is 25.0 Å². The Morgan fingerprint density at radius 2 is 1.82 bits per heavy atom. The van der Waals surface area contributed by atoms with Crippen LogP contribution in [0.2, 0.25) is 0 Å². The molecule has 0 unspecified atom stereocenters. The summed E-state index contributed by atoms with van der Waals surface area (Å²) in [5.41, 5.74) is 2.22. The minimum absolute atomic E-state index is 0.103. The van der Waals surface area contributed by atoms with Crippen LogP contribution < -0.4 is 20.1 Å². The summed E-state index contributed by atoms with van der Waals surface area (Å²) in [5.74, 6) is 0.519. The lowest BCUT2D eigenvalue weighted by Crippen LogP contribution is -2.47. The second-order valence-corrected chi connectivity index (χ2v) is 6.54. The van der Waals surface area contributed by atoms with Crippen molar-refractivity contribution in [3.8, 4) is 11.5 Å². The van der Waals surface area contributed by atoms with E-state index < -0.39 is 6.10 Å². The summed E-state index contributed by atoms with van der Waals surface area (Å²) in [5, 5.41) is 6.57. The number of rotatable bonds is 6. The fourth-order valence-corrected chi connectivity index (χ4v) is 3.17. The maximum absolute atomic E-state index is 12.2. The fourth-order valence-electron chi connectivity index (χ4n) is 3.17. The summed E-state index contributed by atoms with van der Waals surface area (Å²) < 4.78 is 11.1. The Morgan fingerprint density at radius 1 is 1.04 bits per heavy atom. The maximum atomic E-state index is 12.2. The highest BCUT2D eigenvalue weighted by Crippen LogP contribution is 2.30. The van der Waals surface area contributed by atoms with Gasteiger partial charge in [-0.05, 0) is 30.2 Å². The number of fused-ring (bicyclic) bond motifs is 2. The van der Waals surface area contributed by atoms with Crippen molar-refractivity contribution >= 4 is 22.7 Å². The number of hydrogen-bond acceptors (Lipinski definition) is 4. The van der Waals surface area contributed by atoms with Crippen LogP contribution in [0.15, 0.2) is 54.7 Å². The normalized spacial score (nSPS) is 15.2. The van der Waals surface area contributed by atoms with Crippen molar-refractivity contribution in [2.75, 3.05) is 19.7 Å². The summed E-state index contributed by atoms with van der Waals surface area (Å²) in [7, 11) is 0. The van der Waals surface area contributed by atoms with E-state index in [1.165, 1.54) is 0 Å². The van der Waals surface area contributed by atoms with E-state index in [2.05, 4.69) is 15.6 Å². The Labute approximate surface area is 162 Å². The molecule has 1 aliphatic heterocycles. The molecular weight excluding hydrogens is 358 g/mol. The van der Waals surface area contributed by atoms with Gasteiger partial charge >= 0.3 is 0 Å². The van der Waals surface area contributed by atoms with Crippen LogP contribution in [0.25, 0.3) is 10.9 Å². The lowest BCUT2D eigenvalue weighted by Gasteiger charge is -2.25. The highest BCUT2D eigenvalue weighted by Gasteiger charge is 2.27. The molecule has 0 aliphatic carbocycles. The molecule has 1 atom stereocenters. The SMILES string of the molecule is O=C(CNC(=O)[C@@H]1COc2ccccc2O1)NCCc1c[nH]c2ccccc12. The van der Waals surface area contributed by atoms with Crippen LogP contribution in [0.5, 0.6) is 11.5 Å². The minimum Gasteiger partial charge on any atom is -0.485 e. The van der Waals surface area contributed by atoms with Gasteiger partial charge in [0.05, 0.1) is 6.54 Å². The predicted octanol–water partition coefficient (Wildman–Crippen LogP) is 1.78. The molecular formula is C21H21N3O4. The number of aromatic nitrogens is 1. The predicted molar refractivity (Wildman–Crippen MR) is 104 cm³/mol. The van der Waals surface area contributed by atoms with E-state index >= 15 is 0 Å². The number of H-pyrrole nitrogens is 1. The molecule has 0 fully saturated rings. The van der Waals surface area contributed by atoms with Crippen LogP contribution in [0, 0.1) is 0 Å². The van der Waals surface area contributed by atoms with Gasteiger partial charge in [-0.3, -0.25) is 9.59 Å². The average Bonchev–Trinajstić information content (AvgIpc) is 3.15. The van der Waals surface area contributed by atoms with E-state index in [1.54, 1.807) is 12.1 Å². The summed E-state index contributed by atoms with van der Waals surface area (Å²) in [6.07, 6.45) is 1.89. The topological polar surface area (TPSA) is 92.5 Å². The number of carbonyl (C=O) groups excluding carboxylic acids is 2. The van der Waals surface area contributed by atoms with Gasteiger partial charge in [-0.25, -0.2) is 0 Å². The molecule has 2 heterocycles. The molecule has 2 aromatic carbocycles. The first kappa shape index (κ1) is 17.9. The number of hydrogen-bond donors (Lipinski definition) is 3. The van der Waals surface area contributed by atoms with Crippen molar-refractivity contribution in [2.24, 2.45) is 0 Å². The zero-order valence-corrected chi connectivity index (χ0v) is 15.2. The fraction of sp³-hybridized carbons (Fsp3) is 0.238. The zero-order chi connectivity index (χ0) is 19.3. The molecule has 0 spiro atoms. The number of para-hydroxylation sites is 3. The first-order valence-electron chi connectivity index (χ1n) is 9.18. The standard InChI is InChI=1S/C21H21N3O4/c25-20(22-10-9-14-11-23-16-6-2-1-5-15(14)16)12-24-21(26)19-13-27-17-7-3-4-8-18(17)28-19/h1-8,11,19,23H,9-10,12-13H2,(H,22,25)(H,24,26)/t19-/m0/s1. The minimum atomic E-state index is -0.770. The largest absolute Gasteiger partial charge is 0.485 e. The lowest BCUT2D eigenvalue weighted by molar-refractivity contribution is -0.132. The third-order valence-corrected chi connectivity index (χ3v) is 4.62. The summed E-state index contributed by atoms with van der Waals surface area (Å²) >= 11 is 0. The molecule has 1 aliphatic rings. The summed E-state index contributed by atoms with van der Waals surface area (Å²) in [6.45, 7) is 0.506. The van der Waals surface area contributed by atoms with Gasteiger partial charge in [-0.2, -0.15) is 0 Å². The molecule has 28 heavy (non-hydrogen) atoms. The molecule has 0 saturated carbocycles. The van der Waals surface area contributed by atoms with Crippen LogP contribution in [-0.4, -0.2) is 42.6 Å². The van der Waals surface area contributed by atoms with Crippen LogP contribution in [0.4, 0.5) is 0 Å². The van der Waals surface area contributed by atoms with Crippen LogP contribution >= 0.6 is 0 Å². The molecule has 1 aromatic heterocycles. The van der Waals surface area contributed by atoms with Gasteiger partial charge in [-0.15, -0.1) is 0 Å². The van der Waals surface area contributed by atoms with E-state index in [0.717, 1.165) is 16.5 Å². The van der Waals surface area contributed by atoms with Gasteiger partial charge in [0, 0.05) is 23.6 Å². The number of benzene rings is 2. The smallest absolute Gasteiger partial charge is 0.265 e. The van der Waals surface area contributed by atoms with Gasteiger partial charge in [0.25, 0.3) is 5.91 Å². The third kappa shape index (κ3) is 3.93. The molecule has 4 rings (SSSR count). The van der Waals surface area contributed by atoms with E-state index in [9.17, 15) is 9.59 Å². The second kappa shape index (κ2) is 8.04. The van der Waals surface area contributed by atoms with Gasteiger partial charge in [0.2, 0.25) is 12.0 Å². The van der Waals surface area contributed by atoms with Crippen molar-refractivity contribution in [3.63, 3.8) is 0 Å². The first-order chi connectivity index (χ1) is 13.7. The number of ether oxygens (including phenoxy) is 2. The Hall–Kier alpha value is -3.48. The lowest BCUT2D eigenvalue weighted by atomic mass is 10.1. The molecule has 0 radical (unpaired) electrons. The molecule has 2 amide bonds. The van der Waals surface area contributed by atoms with Crippen molar-refractivity contribution in [2.45, 2.75) is 12.5 Å². The van der Waals surface area contributed by atoms with E-state index in [0.29, 0.717) is 24.5 Å². The summed E-state index contributed by atoms with van der Waals surface area (Å²) in [6, 6.07) is 15.2. The molecule has 0 saturated heterocycles. The third-order valence-electron chi connectivity index (χ3n) is 4.62. The number of nitrogens with one attached hydrogen (secondary N) is 3. The number of carbonyl (C=O) groups is 2. The van der Waals surface area contributed by atoms with Gasteiger partial charge in [0.1, 0.15) is 6.61 Å². The van der Waals surface area contributed by atoms with E-state index in [4.69, 9.17) is 9.47 Å². The van der Waals surface area contributed by atoms with Crippen LogP contribution in [-0.2, 0) is 16.0 Å². The average molecular weight is 379 g/mol. The molecule has 3 N–H and O–H groups in total. The maximum Gasteiger partial charge on any atom is 0.265 e. The first-order valence-corrected chi connectivity index (χ1v) is 9.18. The highest BCUT2D eigenvalue weighted by atomic mass is 16.6. The van der Waals surface area contributed by atoms with Gasteiger partial charge in [0.15, 0.2) is 11.5 Å². The quantitative estimate of drug-likeness (QED) is 0.609. The zero-order valence-electron chi connectivity index (χ0n) is 15.2. The van der Waals surface area contributed by atoms with Gasteiger partial charge < -0.3 is 25.1 Å². The highest BCUT2D eigenvalue weighted by molar-refractivity contribution is 5.87. The van der Waals surface area contributed by atoms with Crippen molar-refractivity contribution in [1.82, 2.24) is 15.6 Å². The van der Waals surface area contributed by atoms with Crippen molar-refractivity contribution in [3.05, 3.63) is 60.3 Å². The van der Waals surface area contributed by atoms with Gasteiger partial charge in [-0.1, -0.05) is 30.3 Å². The second-order valence-electron chi connectivity index (χ2n) is 6.54. The molecule has 7 heteroatoms. The molecule has 144 valence electrons. The Kier molecular flexibility index (Phi) is 5.14. The van der Waals surface area contributed by atoms with Crippen molar-refractivity contribution in [1.29, 1.82) is 0 Å². The molecule has 3 aromatic rings. The van der Waals surface area contributed by atoms with E-state index in [1.807, 2.05) is 42.6 Å². The van der Waals surface area contributed by atoms with Crippen molar-refractivity contribution < 1.29 is 19.1 Å². The Morgan fingerprint density at radius 3 is 2.71 bits per heavy atom. The Balaban J connectivity index is 1.21. The van der Waals surface area contributed by atoms with Crippen LogP contribution in [0.3, 0.4) is 0 Å². The summed E-state index contributed by atoms with van der Waals surface area (Å²) in [4.78, 5) is 27.4. The molecule has 7 nitrogen and oxygen atoms in total. The Bertz CT molecular complexity index is 998. The number of aromatic amines is 1. The van der Waals surface area contributed by atoms with Crippen LogP contribution in [0.1, 0.15) is 5.56 Å². The number of amides is 2. The monoisotopic (exact) mass is 379 g/mol. The molecule has 0 bridgehead atoms.